The van der Waals surface area contributed by atoms with Crippen molar-refractivity contribution in [3.05, 3.63) is 24.8 Å². The van der Waals surface area contributed by atoms with Crippen LogP contribution in [0.5, 0.6) is 0 Å². The first-order valence-corrected chi connectivity index (χ1v) is 2.34. The molecule has 0 rings (SSSR count). The average Bonchev–Trinajstić information content (AvgIpc) is 1.65. The second-order valence-electron chi connectivity index (χ2n) is 1.58. The van der Waals surface area contributed by atoms with Gasteiger partial charge in [-0.1, -0.05) is 18.1 Å². The maximum Gasteiger partial charge on any atom is -0.0194 e. The van der Waals surface area contributed by atoms with Gasteiger partial charge in [-0.3, -0.25) is 0 Å². The molecule has 0 heteroatoms. The summed E-state index contributed by atoms with van der Waals surface area (Å²) >= 11 is 0. The minimum Gasteiger partial charge on any atom is -0.115 e. The lowest BCUT2D eigenvalue weighted by atomic mass is 10.4. The highest BCUT2D eigenvalue weighted by atomic mass is 13.6. The summed E-state index contributed by atoms with van der Waals surface area (Å²) in [6.45, 7) is 10.7. The van der Waals surface area contributed by atoms with Gasteiger partial charge in [0.05, 0.1) is 0 Å². The second-order valence-corrected chi connectivity index (χ2v) is 1.58. The molecule has 8 heavy (non-hydrogen) atoms. The summed E-state index contributed by atoms with van der Waals surface area (Å²) in [7, 11) is 0. The van der Waals surface area contributed by atoms with E-state index in [1.165, 1.54) is 11.6 Å². The van der Waals surface area contributed by atoms with E-state index in [4.69, 9.17) is 0 Å². The van der Waals surface area contributed by atoms with Gasteiger partial charge in [-0.05, 0) is 19.9 Å². The highest BCUT2D eigenvalue weighted by molar-refractivity contribution is 5.03. The molecule has 0 bridgehead atoms. The van der Waals surface area contributed by atoms with Gasteiger partial charge in [0.2, 0.25) is 0 Å². The van der Waals surface area contributed by atoms with Gasteiger partial charge in [0.25, 0.3) is 0 Å². The van der Waals surface area contributed by atoms with Crippen LogP contribution in [0.15, 0.2) is 24.8 Å². The molecule has 0 spiro atoms. The van der Waals surface area contributed by atoms with Gasteiger partial charge < -0.3 is 0 Å². The van der Waals surface area contributed by atoms with E-state index in [0.717, 1.165) is 0 Å². The molecule has 0 aromatic heterocycles. The van der Waals surface area contributed by atoms with Gasteiger partial charge >= 0.3 is 0 Å². The molecule has 0 saturated heterocycles. The smallest absolute Gasteiger partial charge is 0.0194 e. The molecule has 0 unspecified atom stereocenters. The van der Waals surface area contributed by atoms with Crippen molar-refractivity contribution in [1.82, 2.24) is 0 Å². The van der Waals surface area contributed by atoms with Gasteiger partial charge in [-0.15, -0.1) is 13.0 Å². The monoisotopic (exact) mass is 108 g/mol. The van der Waals surface area contributed by atoms with Crippen LogP contribution in [0.25, 0.3) is 0 Å². The molecule has 44 valence electrons. The Balaban J connectivity index is 0. The molecule has 0 radical (unpaired) electrons. The first kappa shape index (κ1) is 10.1. The molecule has 0 amide bonds. The van der Waals surface area contributed by atoms with E-state index in [0.29, 0.717) is 0 Å². The third-order valence-electron chi connectivity index (χ3n) is 0.118. The Kier molecular flexibility index (Phi) is 11.9. The van der Waals surface area contributed by atoms with Crippen molar-refractivity contribution in [1.29, 1.82) is 0 Å². The highest BCUT2D eigenvalue weighted by Crippen LogP contribution is 1.73. The van der Waals surface area contributed by atoms with Crippen LogP contribution in [-0.2, 0) is 0 Å². The van der Waals surface area contributed by atoms with Gasteiger partial charge in [-0.25, -0.2) is 0 Å². The molecule has 0 fully saturated rings. The Morgan fingerprint density at radius 1 is 1.62 bits per heavy atom. The van der Waals surface area contributed by atoms with Crippen LogP contribution in [0.1, 0.15) is 13.8 Å². The van der Waals surface area contributed by atoms with E-state index in [1.54, 1.807) is 0 Å². The van der Waals surface area contributed by atoms with Crippen LogP contribution in [-0.4, -0.2) is 0 Å². The zero-order chi connectivity index (χ0) is 6.99. The standard InChI is InChI=1S/C4H8.C4H4/c1-4(2)3;1-3-4-2/h1H2,2-3H3;1,4H,2H2. The fourth-order valence-electron chi connectivity index (χ4n) is 0. The van der Waals surface area contributed by atoms with Gasteiger partial charge in [0, 0.05) is 0 Å². The minimum absolute atomic E-state index is 1.17. The molecule has 0 aromatic carbocycles. The summed E-state index contributed by atoms with van der Waals surface area (Å²) < 4.78 is 0. The quantitative estimate of drug-likeness (QED) is 0.330. The van der Waals surface area contributed by atoms with Crippen LogP contribution < -0.4 is 0 Å². The van der Waals surface area contributed by atoms with Crippen molar-refractivity contribution < 1.29 is 0 Å². The van der Waals surface area contributed by atoms with E-state index in [-0.39, 0.29) is 0 Å². The molecule has 0 aliphatic carbocycles. The number of terminal acetylenes is 1. The molecule has 0 nitrogen and oxygen atoms in total. The number of allylic oxidation sites excluding steroid dienone is 2. The number of rotatable bonds is 0. The minimum atomic E-state index is 1.17. The van der Waals surface area contributed by atoms with Crippen LogP contribution in [0, 0.1) is 12.3 Å². The van der Waals surface area contributed by atoms with E-state index in [9.17, 15) is 0 Å². The fourth-order valence-corrected chi connectivity index (χ4v) is 0. The zero-order valence-corrected chi connectivity index (χ0v) is 5.57. The summed E-state index contributed by atoms with van der Waals surface area (Å²) in [4.78, 5) is 0. The molecule has 0 aliphatic heterocycles. The van der Waals surface area contributed by atoms with Crippen molar-refractivity contribution in [2.24, 2.45) is 0 Å². The Bertz CT molecular complexity index is 97.7. The van der Waals surface area contributed by atoms with E-state index in [2.05, 4.69) is 25.5 Å². The lowest BCUT2D eigenvalue weighted by Crippen LogP contribution is -1.43. The van der Waals surface area contributed by atoms with E-state index in [1.807, 2.05) is 13.8 Å². The predicted molar refractivity (Wildman–Crippen MR) is 39.5 cm³/mol. The van der Waals surface area contributed by atoms with Crippen LogP contribution in [0.4, 0.5) is 0 Å². The Morgan fingerprint density at radius 3 is 1.75 bits per heavy atom. The first-order chi connectivity index (χ1) is 3.65. The normalized spacial score (nSPS) is 5.12. The van der Waals surface area contributed by atoms with E-state index < -0.39 is 0 Å². The SMILES string of the molecule is C#CC=C.C=C(C)C. The van der Waals surface area contributed by atoms with E-state index >= 15 is 0 Å². The number of hydrogen-bond donors (Lipinski definition) is 0. The summed E-state index contributed by atoms with van der Waals surface area (Å²) in [5.41, 5.74) is 1.17. The highest BCUT2D eigenvalue weighted by Gasteiger charge is 1.51. The Labute approximate surface area is 51.9 Å². The van der Waals surface area contributed by atoms with Crippen LogP contribution in [0.2, 0.25) is 0 Å². The lowest BCUT2D eigenvalue weighted by Gasteiger charge is -1.65. The molecule has 0 aromatic rings. The van der Waals surface area contributed by atoms with Crippen molar-refractivity contribution in [3.8, 4) is 12.3 Å². The number of hydrogen-bond acceptors (Lipinski definition) is 0. The molecule has 0 aliphatic rings. The fraction of sp³-hybridized carbons (Fsp3) is 0.250. The second kappa shape index (κ2) is 9.40. The molecular weight excluding hydrogens is 96.1 g/mol. The summed E-state index contributed by atoms with van der Waals surface area (Å²) in [5.74, 6) is 2.19. The lowest BCUT2D eigenvalue weighted by molar-refractivity contribution is 1.42. The third kappa shape index (κ3) is 51400. The van der Waals surface area contributed by atoms with Gasteiger partial charge in [-0.2, -0.15) is 0 Å². The van der Waals surface area contributed by atoms with Crippen molar-refractivity contribution >= 4 is 0 Å². The molecule has 0 saturated carbocycles. The van der Waals surface area contributed by atoms with Gasteiger partial charge in [0.15, 0.2) is 0 Å². The largest absolute Gasteiger partial charge is 0.115 e. The third-order valence-corrected chi connectivity index (χ3v) is 0.118. The average molecular weight is 108 g/mol. The zero-order valence-electron chi connectivity index (χ0n) is 5.57. The van der Waals surface area contributed by atoms with Crippen LogP contribution in [0.3, 0.4) is 0 Å². The topological polar surface area (TPSA) is 0 Å². The van der Waals surface area contributed by atoms with Crippen molar-refractivity contribution in [2.75, 3.05) is 0 Å². The predicted octanol–water partition coefficient (Wildman–Crippen LogP) is 2.39. The Morgan fingerprint density at radius 2 is 1.75 bits per heavy atom. The summed E-state index contributed by atoms with van der Waals surface area (Å²) in [6, 6.07) is 0. The first-order valence-electron chi connectivity index (χ1n) is 2.34. The maximum absolute atomic E-state index is 4.66. The van der Waals surface area contributed by atoms with Crippen LogP contribution >= 0.6 is 0 Å². The molecule has 0 atom stereocenters. The van der Waals surface area contributed by atoms with Crippen molar-refractivity contribution in [2.45, 2.75) is 13.8 Å². The molecule has 0 N–H and O–H groups in total. The van der Waals surface area contributed by atoms with Gasteiger partial charge in [0.1, 0.15) is 0 Å². The Hall–Kier alpha value is -0.960. The van der Waals surface area contributed by atoms with Crippen molar-refractivity contribution in [3.63, 3.8) is 0 Å². The summed E-state index contributed by atoms with van der Waals surface area (Å²) in [6.07, 6.45) is 6.06. The summed E-state index contributed by atoms with van der Waals surface area (Å²) in [5, 5.41) is 0. The maximum atomic E-state index is 4.66. The molecular formula is C8H12. The molecule has 0 heterocycles.